The molecule has 1 atom stereocenters. The summed E-state index contributed by atoms with van der Waals surface area (Å²) in [4.78, 5) is 22.1. The van der Waals surface area contributed by atoms with Gasteiger partial charge in [0.05, 0.1) is 0 Å². The van der Waals surface area contributed by atoms with Crippen LogP contribution in [-0.2, 0) is 9.59 Å². The van der Waals surface area contributed by atoms with Crippen molar-refractivity contribution in [3.8, 4) is 0 Å². The van der Waals surface area contributed by atoms with Gasteiger partial charge in [-0.05, 0) is 19.3 Å². The number of rotatable bonds is 4. The van der Waals surface area contributed by atoms with Gasteiger partial charge in [-0.2, -0.15) is 0 Å². The number of nitrogens with one attached hydrogen (secondary N) is 1. The largest absolute Gasteiger partial charge is 0.296 e. The van der Waals surface area contributed by atoms with Crippen molar-refractivity contribution in [2.24, 2.45) is 5.92 Å². The molecule has 1 heterocycles. The molecule has 1 rings (SSSR count). The van der Waals surface area contributed by atoms with Crippen molar-refractivity contribution in [2.45, 2.75) is 32.1 Å². The second kappa shape index (κ2) is 5.37. The van der Waals surface area contributed by atoms with Crippen LogP contribution in [0.5, 0.6) is 0 Å². The van der Waals surface area contributed by atoms with E-state index in [-0.39, 0.29) is 17.7 Å². The molecule has 2 amide bonds. The maximum absolute atomic E-state index is 11.3. The van der Waals surface area contributed by atoms with Gasteiger partial charge in [-0.25, -0.2) is 0 Å². The molecule has 0 aromatic rings. The van der Waals surface area contributed by atoms with Crippen molar-refractivity contribution in [2.75, 3.05) is 5.33 Å². The smallest absolute Gasteiger partial charge is 0.229 e. The highest BCUT2D eigenvalue weighted by Crippen LogP contribution is 2.18. The van der Waals surface area contributed by atoms with Crippen LogP contribution in [0.15, 0.2) is 0 Å². The molecule has 13 heavy (non-hydrogen) atoms. The number of amides is 2. The fraction of sp³-hybridized carbons (Fsp3) is 0.778. The molecule has 0 aliphatic carbocycles. The average Bonchev–Trinajstić information content (AvgIpc) is 2.09. The van der Waals surface area contributed by atoms with E-state index >= 15 is 0 Å². The Bertz CT molecular complexity index is 206. The molecule has 1 fully saturated rings. The summed E-state index contributed by atoms with van der Waals surface area (Å²) in [7, 11) is 0. The van der Waals surface area contributed by atoms with E-state index in [1.54, 1.807) is 0 Å². The van der Waals surface area contributed by atoms with Crippen LogP contribution in [0.4, 0.5) is 0 Å². The first-order valence-corrected chi connectivity index (χ1v) is 5.76. The fourth-order valence-electron chi connectivity index (χ4n) is 1.50. The third-order valence-electron chi connectivity index (χ3n) is 2.29. The van der Waals surface area contributed by atoms with Crippen LogP contribution in [0.3, 0.4) is 0 Å². The van der Waals surface area contributed by atoms with Crippen LogP contribution in [0, 0.1) is 5.92 Å². The summed E-state index contributed by atoms with van der Waals surface area (Å²) in [5.74, 6) is -0.135. The van der Waals surface area contributed by atoms with E-state index in [1.807, 2.05) is 0 Å². The summed E-state index contributed by atoms with van der Waals surface area (Å²) in [6.45, 7) is 0. The van der Waals surface area contributed by atoms with Gasteiger partial charge in [-0.15, -0.1) is 0 Å². The minimum Gasteiger partial charge on any atom is -0.296 e. The van der Waals surface area contributed by atoms with Gasteiger partial charge in [0.25, 0.3) is 0 Å². The van der Waals surface area contributed by atoms with E-state index in [4.69, 9.17) is 0 Å². The normalized spacial score (nSPS) is 23.0. The molecule has 0 aromatic heterocycles. The Kier molecular flexibility index (Phi) is 4.42. The molecule has 1 aliphatic heterocycles. The summed E-state index contributed by atoms with van der Waals surface area (Å²) in [6, 6.07) is 0. The first kappa shape index (κ1) is 10.7. The minimum atomic E-state index is -0.123. The highest BCUT2D eigenvalue weighted by molar-refractivity contribution is 9.09. The number of imide groups is 1. The number of piperidine rings is 1. The topological polar surface area (TPSA) is 46.2 Å². The fourth-order valence-corrected chi connectivity index (χ4v) is 1.90. The Morgan fingerprint density at radius 1 is 1.38 bits per heavy atom. The van der Waals surface area contributed by atoms with E-state index in [0.29, 0.717) is 6.42 Å². The second-order valence-corrected chi connectivity index (χ2v) is 4.13. The maximum Gasteiger partial charge on any atom is 0.229 e. The predicted octanol–water partition coefficient (Wildman–Crippen LogP) is 1.60. The van der Waals surface area contributed by atoms with Gasteiger partial charge in [0, 0.05) is 17.7 Å². The first-order chi connectivity index (χ1) is 6.24. The lowest BCUT2D eigenvalue weighted by Crippen LogP contribution is -2.40. The maximum atomic E-state index is 11.3. The number of carbonyl (C=O) groups is 2. The van der Waals surface area contributed by atoms with E-state index in [2.05, 4.69) is 21.2 Å². The first-order valence-electron chi connectivity index (χ1n) is 4.63. The van der Waals surface area contributed by atoms with E-state index in [9.17, 15) is 9.59 Å². The van der Waals surface area contributed by atoms with Crippen LogP contribution in [-0.4, -0.2) is 17.1 Å². The zero-order valence-electron chi connectivity index (χ0n) is 7.51. The van der Waals surface area contributed by atoms with E-state index < -0.39 is 0 Å². The molecule has 74 valence electrons. The second-order valence-electron chi connectivity index (χ2n) is 3.33. The van der Waals surface area contributed by atoms with Gasteiger partial charge in [0.1, 0.15) is 0 Å². The van der Waals surface area contributed by atoms with Crippen molar-refractivity contribution in [1.82, 2.24) is 5.32 Å². The monoisotopic (exact) mass is 247 g/mol. The molecule has 1 unspecified atom stereocenters. The van der Waals surface area contributed by atoms with Crippen LogP contribution in [0.25, 0.3) is 0 Å². The standard InChI is InChI=1S/C9H14BrNO2/c10-6-2-1-3-7-4-5-8(12)11-9(7)13/h7H,1-6H2,(H,11,12,13). The molecule has 1 N–H and O–H groups in total. The number of halogens is 1. The molecule has 0 bridgehead atoms. The van der Waals surface area contributed by atoms with Crippen molar-refractivity contribution in [1.29, 1.82) is 0 Å². The van der Waals surface area contributed by atoms with E-state index in [0.717, 1.165) is 31.0 Å². The third-order valence-corrected chi connectivity index (χ3v) is 2.85. The van der Waals surface area contributed by atoms with Gasteiger partial charge in [-0.1, -0.05) is 22.4 Å². The SMILES string of the molecule is O=C1CCC(CCCCBr)C(=O)N1. The zero-order valence-corrected chi connectivity index (χ0v) is 9.10. The van der Waals surface area contributed by atoms with Crippen LogP contribution in [0.2, 0.25) is 0 Å². The van der Waals surface area contributed by atoms with Crippen molar-refractivity contribution >= 4 is 27.7 Å². The van der Waals surface area contributed by atoms with Gasteiger partial charge >= 0.3 is 0 Å². The zero-order chi connectivity index (χ0) is 9.68. The van der Waals surface area contributed by atoms with Crippen molar-refractivity contribution < 1.29 is 9.59 Å². The van der Waals surface area contributed by atoms with Crippen LogP contribution in [0.1, 0.15) is 32.1 Å². The Hall–Kier alpha value is -0.380. The number of carbonyl (C=O) groups excluding carboxylic acids is 2. The quantitative estimate of drug-likeness (QED) is 0.466. The van der Waals surface area contributed by atoms with Gasteiger partial charge < -0.3 is 0 Å². The molecule has 1 aliphatic rings. The summed E-state index contributed by atoms with van der Waals surface area (Å²) in [5, 5.41) is 3.35. The Morgan fingerprint density at radius 3 is 2.77 bits per heavy atom. The Morgan fingerprint density at radius 2 is 2.15 bits per heavy atom. The van der Waals surface area contributed by atoms with Crippen molar-refractivity contribution in [3.63, 3.8) is 0 Å². The highest BCUT2D eigenvalue weighted by Gasteiger charge is 2.25. The minimum absolute atomic E-state index is 0.0664. The lowest BCUT2D eigenvalue weighted by molar-refractivity contribution is -0.136. The molecular weight excluding hydrogens is 234 g/mol. The van der Waals surface area contributed by atoms with Gasteiger partial charge in [0.2, 0.25) is 11.8 Å². The lowest BCUT2D eigenvalue weighted by atomic mass is 9.93. The van der Waals surface area contributed by atoms with Gasteiger partial charge in [-0.3, -0.25) is 14.9 Å². The van der Waals surface area contributed by atoms with Crippen molar-refractivity contribution in [3.05, 3.63) is 0 Å². The summed E-state index contributed by atoms with van der Waals surface area (Å²) in [6.07, 6.45) is 4.29. The van der Waals surface area contributed by atoms with E-state index in [1.165, 1.54) is 0 Å². The average molecular weight is 248 g/mol. The predicted molar refractivity (Wildman–Crippen MR) is 53.5 cm³/mol. The van der Waals surface area contributed by atoms with Gasteiger partial charge in [0.15, 0.2) is 0 Å². The highest BCUT2D eigenvalue weighted by atomic mass is 79.9. The van der Waals surface area contributed by atoms with Crippen LogP contribution < -0.4 is 5.32 Å². The summed E-state index contributed by atoms with van der Waals surface area (Å²) < 4.78 is 0. The Labute approximate surface area is 86.4 Å². The number of hydrogen-bond acceptors (Lipinski definition) is 2. The summed E-state index contributed by atoms with van der Waals surface area (Å²) in [5.41, 5.74) is 0. The number of alkyl halides is 1. The molecule has 1 saturated heterocycles. The summed E-state index contributed by atoms with van der Waals surface area (Å²) >= 11 is 3.34. The van der Waals surface area contributed by atoms with Crippen LogP contribution >= 0.6 is 15.9 Å². The number of hydrogen-bond donors (Lipinski definition) is 1. The third kappa shape index (κ3) is 3.46. The lowest BCUT2D eigenvalue weighted by Gasteiger charge is -2.20. The Balaban J connectivity index is 2.26. The molecule has 0 aromatic carbocycles. The molecule has 0 radical (unpaired) electrons. The molecule has 4 heteroatoms. The molecular formula is C9H14BrNO2. The number of unbranched alkanes of at least 4 members (excludes halogenated alkanes) is 1. The molecule has 0 saturated carbocycles. The molecule has 0 spiro atoms. The molecule has 3 nitrogen and oxygen atoms in total.